The van der Waals surface area contributed by atoms with Gasteiger partial charge in [0.05, 0.1) is 42.4 Å². The maximum absolute atomic E-state index is 14.4. The van der Waals surface area contributed by atoms with Gasteiger partial charge >= 0.3 is 0 Å². The molecule has 10 nitrogen and oxygen atoms in total. The Kier molecular flexibility index (Phi) is 13.2. The second kappa shape index (κ2) is 17.1. The van der Waals surface area contributed by atoms with Crippen LogP contribution in [0.3, 0.4) is 0 Å². The number of amides is 1. The largest absolute Gasteiger partial charge is 0.497 e. The summed E-state index contributed by atoms with van der Waals surface area (Å²) in [5, 5.41) is 10.2. The van der Waals surface area contributed by atoms with E-state index >= 15 is 0 Å². The van der Waals surface area contributed by atoms with E-state index in [2.05, 4.69) is 9.62 Å². The molecule has 0 fully saturated rings. The lowest BCUT2D eigenvalue weighted by molar-refractivity contribution is -0.0177. The van der Waals surface area contributed by atoms with Crippen molar-refractivity contribution in [2.45, 2.75) is 69.7 Å². The smallest absolute Gasteiger partial charge is 0.261 e. The molecule has 48 heavy (non-hydrogen) atoms. The molecule has 1 aliphatic heterocycles. The number of hydrogen-bond acceptors (Lipinski definition) is 8. The van der Waals surface area contributed by atoms with Gasteiger partial charge in [-0.3, -0.25) is 14.4 Å². The number of aliphatic hydroxyl groups is 1. The lowest BCUT2D eigenvalue weighted by Crippen LogP contribution is -2.47. The fourth-order valence-electron chi connectivity index (χ4n) is 5.69. The molecule has 0 saturated heterocycles. The van der Waals surface area contributed by atoms with Crippen molar-refractivity contribution < 1.29 is 36.9 Å². The molecular formula is C36H48FN3O7S. The number of rotatable bonds is 10. The van der Waals surface area contributed by atoms with Crippen molar-refractivity contribution in [3.63, 3.8) is 0 Å². The molecule has 1 aliphatic rings. The highest BCUT2D eigenvalue weighted by Crippen LogP contribution is 2.30. The van der Waals surface area contributed by atoms with Crippen LogP contribution < -0.4 is 14.2 Å². The van der Waals surface area contributed by atoms with Crippen molar-refractivity contribution in [3.8, 4) is 11.5 Å². The summed E-state index contributed by atoms with van der Waals surface area (Å²) >= 11 is 0. The second-order valence-electron chi connectivity index (χ2n) is 12.6. The number of sulfonamides is 1. The summed E-state index contributed by atoms with van der Waals surface area (Å²) in [5.74, 6) is 0.0411. The number of hydrogen-bond donors (Lipinski definition) is 2. The van der Waals surface area contributed by atoms with Crippen LogP contribution in [0.1, 0.15) is 56.0 Å². The van der Waals surface area contributed by atoms with Crippen LogP contribution in [-0.2, 0) is 21.3 Å². The Morgan fingerprint density at radius 3 is 2.46 bits per heavy atom. The Labute approximate surface area is 283 Å². The molecule has 0 spiro atoms. The van der Waals surface area contributed by atoms with Crippen molar-refractivity contribution in [1.82, 2.24) is 9.80 Å². The normalized spacial score (nSPS) is 20.4. The van der Waals surface area contributed by atoms with E-state index in [0.717, 1.165) is 42.7 Å². The number of carbonyl (C=O) groups excluding carboxylic acids is 1. The van der Waals surface area contributed by atoms with E-state index in [1.807, 2.05) is 45.2 Å². The predicted octanol–water partition coefficient (Wildman–Crippen LogP) is 5.56. The van der Waals surface area contributed by atoms with Gasteiger partial charge < -0.3 is 24.2 Å². The van der Waals surface area contributed by atoms with E-state index < -0.39 is 27.8 Å². The molecule has 3 aromatic carbocycles. The lowest BCUT2D eigenvalue weighted by Gasteiger charge is -2.36. The van der Waals surface area contributed by atoms with Crippen molar-refractivity contribution in [2.75, 3.05) is 45.2 Å². The molecule has 0 saturated carbocycles. The molecule has 262 valence electrons. The number of nitrogens with one attached hydrogen (secondary N) is 1. The predicted molar refractivity (Wildman–Crippen MR) is 183 cm³/mol. The zero-order valence-electron chi connectivity index (χ0n) is 28.4. The summed E-state index contributed by atoms with van der Waals surface area (Å²) in [6, 6.07) is 16.5. The molecule has 0 bridgehead atoms. The van der Waals surface area contributed by atoms with Gasteiger partial charge in [-0.05, 0) is 100 Å². The third kappa shape index (κ3) is 10.1. The summed E-state index contributed by atoms with van der Waals surface area (Å²) < 4.78 is 60.2. The maximum atomic E-state index is 14.4. The van der Waals surface area contributed by atoms with Crippen LogP contribution in [0.25, 0.3) is 0 Å². The molecule has 1 heterocycles. The standard InChI is InChI=1S/C36H48FN3O7S/c1-25-21-40(26(2)24-41)36(42)33-20-30(38-48(43,44)32-16-11-29(37)12-17-32)13-18-34(33)47-27(3)8-6-7-19-46-35(25)23-39(4)22-28-9-14-31(45-5)15-10-28/h9-18,20,25-27,35,38,41H,6-8,19,21-24H2,1-5H3/t25-,26-,27+,35+/m0/s1. The number of nitrogens with zero attached hydrogens (tertiary/aromatic N) is 2. The van der Waals surface area contributed by atoms with E-state index in [1.54, 1.807) is 25.0 Å². The van der Waals surface area contributed by atoms with Crippen molar-refractivity contribution in [2.24, 2.45) is 5.92 Å². The van der Waals surface area contributed by atoms with Gasteiger partial charge in [0, 0.05) is 37.8 Å². The summed E-state index contributed by atoms with van der Waals surface area (Å²) in [6.45, 7) is 7.62. The van der Waals surface area contributed by atoms with E-state index in [4.69, 9.17) is 14.2 Å². The van der Waals surface area contributed by atoms with Gasteiger partial charge in [0.1, 0.15) is 17.3 Å². The van der Waals surface area contributed by atoms with Crippen molar-refractivity contribution in [1.29, 1.82) is 0 Å². The molecule has 0 unspecified atom stereocenters. The highest BCUT2D eigenvalue weighted by molar-refractivity contribution is 7.92. The Morgan fingerprint density at radius 2 is 1.79 bits per heavy atom. The zero-order chi connectivity index (χ0) is 34.8. The molecule has 12 heteroatoms. The highest BCUT2D eigenvalue weighted by atomic mass is 32.2. The molecular weight excluding hydrogens is 637 g/mol. The number of halogens is 1. The number of fused-ring (bicyclic) bond motifs is 1. The molecule has 2 N–H and O–H groups in total. The summed E-state index contributed by atoms with van der Waals surface area (Å²) in [5.41, 5.74) is 1.45. The van der Waals surface area contributed by atoms with Gasteiger partial charge in [0.15, 0.2) is 0 Å². The SMILES string of the molecule is COc1ccc(CN(C)C[C@H]2OCCCC[C@@H](C)Oc3ccc(NS(=O)(=O)c4ccc(F)cc4)cc3C(=O)N([C@@H](C)CO)C[C@@H]2C)cc1. The number of likely N-dealkylation sites (N-methyl/N-ethyl adjacent to an activating group) is 1. The fraction of sp³-hybridized carbons (Fsp3) is 0.472. The maximum Gasteiger partial charge on any atom is 0.261 e. The van der Waals surface area contributed by atoms with Crippen molar-refractivity contribution in [3.05, 3.63) is 83.7 Å². The number of benzene rings is 3. The number of methoxy groups -OCH3 is 1. The molecule has 4 rings (SSSR count). The van der Waals surface area contributed by atoms with Crippen LogP contribution in [0.5, 0.6) is 11.5 Å². The minimum atomic E-state index is -4.07. The Hall–Kier alpha value is -3.71. The van der Waals surface area contributed by atoms with Crippen LogP contribution >= 0.6 is 0 Å². The van der Waals surface area contributed by atoms with Crippen LogP contribution in [0, 0.1) is 11.7 Å². The van der Waals surface area contributed by atoms with Crippen LogP contribution in [0.15, 0.2) is 71.6 Å². The fourth-order valence-corrected chi connectivity index (χ4v) is 6.74. The third-order valence-corrected chi connectivity index (χ3v) is 9.93. The van der Waals surface area contributed by atoms with Gasteiger partial charge in [-0.2, -0.15) is 0 Å². The van der Waals surface area contributed by atoms with Crippen LogP contribution in [0.2, 0.25) is 0 Å². The minimum Gasteiger partial charge on any atom is -0.497 e. The third-order valence-electron chi connectivity index (χ3n) is 8.53. The molecule has 0 radical (unpaired) electrons. The Morgan fingerprint density at radius 1 is 1.08 bits per heavy atom. The quantitative estimate of drug-likeness (QED) is 0.285. The Balaban J connectivity index is 1.62. The number of aliphatic hydroxyl groups excluding tert-OH is 1. The molecule has 4 atom stereocenters. The first-order chi connectivity index (χ1) is 22.9. The summed E-state index contributed by atoms with van der Waals surface area (Å²) in [6.07, 6.45) is 1.99. The van der Waals surface area contributed by atoms with E-state index in [9.17, 15) is 22.7 Å². The van der Waals surface area contributed by atoms with E-state index in [-0.39, 0.29) is 47.4 Å². The number of anilines is 1. The molecule has 0 aromatic heterocycles. The second-order valence-corrected chi connectivity index (χ2v) is 14.3. The molecule has 1 amide bonds. The first-order valence-electron chi connectivity index (χ1n) is 16.3. The minimum absolute atomic E-state index is 0.118. The van der Waals surface area contributed by atoms with Gasteiger partial charge in [-0.25, -0.2) is 12.8 Å². The van der Waals surface area contributed by atoms with E-state index in [0.29, 0.717) is 25.4 Å². The zero-order valence-corrected chi connectivity index (χ0v) is 29.2. The first kappa shape index (κ1) is 37.1. The average molecular weight is 686 g/mol. The van der Waals surface area contributed by atoms with Gasteiger partial charge in [-0.15, -0.1) is 0 Å². The monoisotopic (exact) mass is 685 g/mol. The van der Waals surface area contributed by atoms with Crippen LogP contribution in [0.4, 0.5) is 10.1 Å². The average Bonchev–Trinajstić information content (AvgIpc) is 3.06. The summed E-state index contributed by atoms with van der Waals surface area (Å²) in [4.78, 5) is 18.0. The number of carbonyl (C=O) groups is 1. The topological polar surface area (TPSA) is 118 Å². The first-order valence-corrected chi connectivity index (χ1v) is 17.8. The highest BCUT2D eigenvalue weighted by Gasteiger charge is 2.30. The molecule has 0 aliphatic carbocycles. The van der Waals surface area contributed by atoms with E-state index in [1.165, 1.54) is 24.3 Å². The molecule has 3 aromatic rings. The van der Waals surface area contributed by atoms with Gasteiger partial charge in [0.25, 0.3) is 15.9 Å². The Bertz CT molecular complexity index is 1590. The van der Waals surface area contributed by atoms with Crippen LogP contribution in [-0.4, -0.2) is 87.9 Å². The van der Waals surface area contributed by atoms with Gasteiger partial charge in [-0.1, -0.05) is 19.1 Å². The summed E-state index contributed by atoms with van der Waals surface area (Å²) in [7, 11) is -0.395. The van der Waals surface area contributed by atoms with Gasteiger partial charge in [0.2, 0.25) is 0 Å². The number of ether oxygens (including phenoxy) is 3. The van der Waals surface area contributed by atoms with Crippen molar-refractivity contribution >= 4 is 21.6 Å². The lowest BCUT2D eigenvalue weighted by atomic mass is 10.0.